The van der Waals surface area contributed by atoms with Crippen LogP contribution >= 0.6 is 0 Å². The Morgan fingerprint density at radius 2 is 1.76 bits per heavy atom. The molecular formula is C20H33BN6O6S. The molecule has 12 nitrogen and oxygen atoms in total. The van der Waals surface area contributed by atoms with Crippen LogP contribution < -0.4 is 27.0 Å². The van der Waals surface area contributed by atoms with E-state index in [4.69, 9.17) is 16.2 Å². The predicted octanol–water partition coefficient (Wildman–Crippen LogP) is -0.777. The summed E-state index contributed by atoms with van der Waals surface area (Å²) < 4.78 is 32.0. The number of amides is 2. The number of rotatable bonds is 14. The molecule has 1 aliphatic carbocycles. The number of hydroxylamine groups is 1. The van der Waals surface area contributed by atoms with Gasteiger partial charge in [-0.2, -0.15) is 0 Å². The fourth-order valence-corrected chi connectivity index (χ4v) is 4.72. The normalized spacial score (nSPS) is 14.9. The van der Waals surface area contributed by atoms with Gasteiger partial charge in [-0.3, -0.25) is 19.3 Å². The van der Waals surface area contributed by atoms with E-state index >= 15 is 0 Å². The van der Waals surface area contributed by atoms with Gasteiger partial charge in [0.2, 0.25) is 15.9 Å². The molecule has 8 N–H and O–H groups in total. The van der Waals surface area contributed by atoms with E-state index < -0.39 is 34.4 Å². The molecule has 2 amide bonds. The Balaban J connectivity index is 1.78. The average Bonchev–Trinajstić information content (AvgIpc) is 3.32. The summed E-state index contributed by atoms with van der Waals surface area (Å²) in [6.07, 6.45) is 3.49. The number of sulfonamides is 1. The molecule has 0 atom stereocenters. The summed E-state index contributed by atoms with van der Waals surface area (Å²) >= 11 is 0. The first-order valence-corrected chi connectivity index (χ1v) is 12.7. The van der Waals surface area contributed by atoms with Crippen molar-refractivity contribution in [3.8, 4) is 0 Å². The van der Waals surface area contributed by atoms with E-state index in [1.54, 1.807) is 18.2 Å². The number of hydrogen-bond donors (Lipinski definition) is 6. The van der Waals surface area contributed by atoms with Gasteiger partial charge in [-0.15, -0.1) is 0 Å². The Labute approximate surface area is 200 Å². The summed E-state index contributed by atoms with van der Waals surface area (Å²) in [6.45, 7) is 0.404. The van der Waals surface area contributed by atoms with Crippen molar-refractivity contribution in [3.05, 3.63) is 30.3 Å². The molecule has 1 saturated carbocycles. The van der Waals surface area contributed by atoms with E-state index in [0.29, 0.717) is 45.1 Å². The van der Waals surface area contributed by atoms with E-state index in [0.717, 1.165) is 0 Å². The molecule has 0 spiro atoms. The Bertz CT molecular complexity index is 936. The highest BCUT2D eigenvalue weighted by Crippen LogP contribution is 2.38. The maximum Gasteiger partial charge on any atom is 0.479 e. The second-order valence-corrected chi connectivity index (χ2v) is 9.83. The third-order valence-corrected chi connectivity index (χ3v) is 7.00. The number of hydrogen-bond acceptors (Lipinski definition) is 7. The second kappa shape index (κ2) is 13.3. The molecule has 0 radical (unpaired) electrons. The van der Waals surface area contributed by atoms with Gasteiger partial charge in [-0.05, 0) is 37.7 Å². The zero-order valence-electron chi connectivity index (χ0n) is 19.0. The van der Waals surface area contributed by atoms with Crippen LogP contribution in [0.25, 0.3) is 0 Å². The van der Waals surface area contributed by atoms with E-state index in [9.17, 15) is 23.0 Å². The van der Waals surface area contributed by atoms with Crippen LogP contribution in [0.5, 0.6) is 0 Å². The van der Waals surface area contributed by atoms with Crippen molar-refractivity contribution in [1.29, 1.82) is 0 Å². The van der Waals surface area contributed by atoms with Crippen LogP contribution in [0.1, 0.15) is 38.5 Å². The van der Waals surface area contributed by atoms with E-state index in [1.807, 2.05) is 0 Å². The van der Waals surface area contributed by atoms with Crippen molar-refractivity contribution in [1.82, 2.24) is 15.5 Å². The summed E-state index contributed by atoms with van der Waals surface area (Å²) in [5.41, 5.74) is 11.4. The van der Waals surface area contributed by atoms with Crippen molar-refractivity contribution in [2.24, 2.45) is 21.9 Å². The standard InChI is InChI=1S/C20H33BN6O6S/c22-19(23)25-13-7-6-12-21(30)33-27-18(29)20(10-4-5-11-20)17(28)24-14-15-26-34(31,32)16-8-2-1-3-9-16/h1-3,8-9,26,30H,4-7,10-15H2,(H,24,28)(H,27,29)(H4,22,23,25). The molecule has 1 fully saturated rings. The van der Waals surface area contributed by atoms with Gasteiger partial charge in [0.25, 0.3) is 5.91 Å². The number of nitrogens with one attached hydrogen (secondary N) is 3. The Hall–Kier alpha value is -2.68. The summed E-state index contributed by atoms with van der Waals surface area (Å²) in [7, 11) is -4.93. The van der Waals surface area contributed by atoms with Crippen LogP contribution in [-0.4, -0.2) is 58.0 Å². The number of carbonyl (C=O) groups is 2. The minimum absolute atomic E-state index is 0.00204. The Kier molecular flexibility index (Phi) is 10.8. The number of nitrogens with zero attached hydrogens (tertiary/aromatic N) is 1. The smallest absolute Gasteiger partial charge is 0.426 e. The van der Waals surface area contributed by atoms with E-state index in [1.165, 1.54) is 12.1 Å². The second-order valence-electron chi connectivity index (χ2n) is 8.06. The highest BCUT2D eigenvalue weighted by atomic mass is 32.2. The minimum atomic E-state index is -3.69. The number of nitrogens with two attached hydrogens (primary N) is 2. The van der Waals surface area contributed by atoms with Crippen LogP contribution in [0.2, 0.25) is 6.32 Å². The van der Waals surface area contributed by atoms with Crippen LogP contribution in [0.4, 0.5) is 0 Å². The summed E-state index contributed by atoms with van der Waals surface area (Å²) in [4.78, 5) is 29.6. The molecule has 34 heavy (non-hydrogen) atoms. The molecule has 0 aliphatic heterocycles. The maximum atomic E-state index is 12.8. The third kappa shape index (κ3) is 8.27. The fraction of sp³-hybridized carbons (Fsp3) is 0.550. The van der Waals surface area contributed by atoms with Gasteiger partial charge in [0, 0.05) is 19.6 Å². The number of benzene rings is 1. The first-order valence-electron chi connectivity index (χ1n) is 11.2. The first-order chi connectivity index (χ1) is 16.2. The number of carbonyl (C=O) groups excluding carboxylic acids is 2. The van der Waals surface area contributed by atoms with Crippen LogP contribution in [0, 0.1) is 5.41 Å². The van der Waals surface area contributed by atoms with Gasteiger partial charge in [0.15, 0.2) is 5.96 Å². The average molecular weight is 496 g/mol. The van der Waals surface area contributed by atoms with Gasteiger partial charge in [0.05, 0.1) is 4.90 Å². The van der Waals surface area contributed by atoms with Gasteiger partial charge in [0.1, 0.15) is 5.41 Å². The highest BCUT2D eigenvalue weighted by Gasteiger charge is 2.48. The SMILES string of the molecule is NC(N)=NCCCCB(O)ONC(=O)C1(C(=O)NCCNS(=O)(=O)c2ccccc2)CCCC1. The quantitative estimate of drug-likeness (QED) is 0.0481. The van der Waals surface area contributed by atoms with Crippen molar-refractivity contribution < 1.29 is 27.8 Å². The van der Waals surface area contributed by atoms with Crippen LogP contribution in [0.3, 0.4) is 0 Å². The molecule has 1 aliphatic rings. The van der Waals surface area contributed by atoms with E-state index in [-0.39, 0.29) is 30.3 Å². The lowest BCUT2D eigenvalue weighted by Crippen LogP contribution is -2.52. The molecule has 0 bridgehead atoms. The zero-order chi connectivity index (χ0) is 25.0. The topological polar surface area (TPSA) is 198 Å². The predicted molar refractivity (Wildman–Crippen MR) is 127 cm³/mol. The number of aliphatic imine (C=N–C) groups is 1. The zero-order valence-corrected chi connectivity index (χ0v) is 19.9. The molecule has 2 rings (SSSR count). The Morgan fingerprint density at radius 3 is 2.41 bits per heavy atom. The van der Waals surface area contributed by atoms with Gasteiger partial charge >= 0.3 is 7.12 Å². The van der Waals surface area contributed by atoms with Crippen molar-refractivity contribution in [3.63, 3.8) is 0 Å². The lowest BCUT2D eigenvalue weighted by Gasteiger charge is -2.26. The summed E-state index contributed by atoms with van der Waals surface area (Å²) in [6, 6.07) is 7.88. The lowest BCUT2D eigenvalue weighted by atomic mass is 9.83. The largest absolute Gasteiger partial charge is 0.479 e. The maximum absolute atomic E-state index is 12.8. The fourth-order valence-electron chi connectivity index (χ4n) is 3.67. The van der Waals surface area contributed by atoms with Crippen molar-refractivity contribution in [2.45, 2.75) is 49.7 Å². The van der Waals surface area contributed by atoms with E-state index in [2.05, 4.69) is 20.5 Å². The number of guanidine groups is 1. The molecule has 14 heteroatoms. The molecule has 0 unspecified atom stereocenters. The molecule has 1 aromatic rings. The van der Waals surface area contributed by atoms with Crippen LogP contribution in [-0.2, 0) is 24.4 Å². The highest BCUT2D eigenvalue weighted by molar-refractivity contribution is 7.89. The third-order valence-electron chi connectivity index (χ3n) is 5.52. The molecule has 188 valence electrons. The first kappa shape index (κ1) is 27.6. The lowest BCUT2D eigenvalue weighted by molar-refractivity contribution is -0.148. The van der Waals surface area contributed by atoms with Gasteiger partial charge < -0.3 is 21.8 Å². The molecule has 0 saturated heterocycles. The summed E-state index contributed by atoms with van der Waals surface area (Å²) in [5, 5.41) is 12.6. The van der Waals surface area contributed by atoms with Crippen molar-refractivity contribution in [2.75, 3.05) is 19.6 Å². The molecule has 0 aromatic heterocycles. The van der Waals surface area contributed by atoms with Crippen molar-refractivity contribution >= 4 is 34.9 Å². The number of unbranched alkanes of at least 4 members (excludes halogenated alkanes) is 1. The molecule has 1 aromatic carbocycles. The molecular weight excluding hydrogens is 463 g/mol. The Morgan fingerprint density at radius 1 is 1.09 bits per heavy atom. The minimum Gasteiger partial charge on any atom is -0.426 e. The monoisotopic (exact) mass is 496 g/mol. The van der Waals surface area contributed by atoms with Gasteiger partial charge in [-0.25, -0.2) is 18.6 Å². The molecule has 0 heterocycles. The van der Waals surface area contributed by atoms with Gasteiger partial charge in [-0.1, -0.05) is 37.5 Å². The van der Waals surface area contributed by atoms with Crippen LogP contribution in [0.15, 0.2) is 40.2 Å². The summed E-state index contributed by atoms with van der Waals surface area (Å²) in [5.74, 6) is -1.14.